The predicted octanol–water partition coefficient (Wildman–Crippen LogP) is 3.36. The second kappa shape index (κ2) is 7.99. The number of sulfonamides is 1. The van der Waals surface area contributed by atoms with Gasteiger partial charge in [-0.3, -0.25) is 0 Å². The number of hydrogen-bond acceptors (Lipinski definition) is 5. The van der Waals surface area contributed by atoms with Gasteiger partial charge in [0.2, 0.25) is 21.7 Å². The van der Waals surface area contributed by atoms with Crippen LogP contribution >= 0.6 is 11.6 Å². The molecule has 0 unspecified atom stereocenters. The highest BCUT2D eigenvalue weighted by molar-refractivity contribution is 7.88. The summed E-state index contributed by atoms with van der Waals surface area (Å²) in [5.41, 5.74) is 2.50. The van der Waals surface area contributed by atoms with E-state index in [1.807, 2.05) is 43.3 Å². The predicted molar refractivity (Wildman–Crippen MR) is 100 cm³/mol. The fourth-order valence-electron chi connectivity index (χ4n) is 2.38. The zero-order chi connectivity index (χ0) is 18.6. The standard InChI is InChI=1S/C18H18ClN3O3S/c1-13-6-8-14(9-7-13)12-26(23,24)20-11-10-17-21-18(22-25-17)15-4-2-3-5-16(15)19/h2-9,20H,10-12H2,1H3. The first-order valence-corrected chi connectivity index (χ1v) is 10.1. The van der Waals surface area contributed by atoms with Crippen molar-refractivity contribution in [2.24, 2.45) is 0 Å². The van der Waals surface area contributed by atoms with Crippen molar-refractivity contribution in [3.05, 3.63) is 70.6 Å². The summed E-state index contributed by atoms with van der Waals surface area (Å²) in [5.74, 6) is 0.660. The van der Waals surface area contributed by atoms with Gasteiger partial charge in [-0.1, -0.05) is 58.7 Å². The van der Waals surface area contributed by atoms with Gasteiger partial charge in [0.15, 0.2) is 0 Å². The normalized spacial score (nSPS) is 11.6. The lowest BCUT2D eigenvalue weighted by molar-refractivity contribution is 0.379. The molecule has 0 saturated carbocycles. The summed E-state index contributed by atoms with van der Waals surface area (Å²) >= 11 is 6.11. The Balaban J connectivity index is 1.56. The zero-order valence-electron chi connectivity index (χ0n) is 14.1. The molecule has 0 amide bonds. The van der Waals surface area contributed by atoms with Crippen LogP contribution in [0.4, 0.5) is 0 Å². The van der Waals surface area contributed by atoms with Crippen molar-refractivity contribution in [1.29, 1.82) is 0 Å². The van der Waals surface area contributed by atoms with Crippen LogP contribution in [0, 0.1) is 6.92 Å². The minimum atomic E-state index is -3.43. The van der Waals surface area contributed by atoms with Crippen molar-refractivity contribution in [2.75, 3.05) is 6.54 Å². The number of halogens is 1. The Bertz CT molecular complexity index is 985. The molecule has 1 N–H and O–H groups in total. The molecule has 0 atom stereocenters. The molecule has 6 nitrogen and oxygen atoms in total. The highest BCUT2D eigenvalue weighted by atomic mass is 35.5. The minimum Gasteiger partial charge on any atom is -0.339 e. The van der Waals surface area contributed by atoms with Gasteiger partial charge < -0.3 is 4.52 Å². The third-order valence-corrected chi connectivity index (χ3v) is 5.41. The van der Waals surface area contributed by atoms with Crippen molar-refractivity contribution in [2.45, 2.75) is 19.1 Å². The summed E-state index contributed by atoms with van der Waals surface area (Å²) in [6, 6.07) is 14.6. The van der Waals surface area contributed by atoms with Crippen LogP contribution in [-0.4, -0.2) is 25.1 Å². The van der Waals surface area contributed by atoms with E-state index >= 15 is 0 Å². The molecule has 8 heteroatoms. The van der Waals surface area contributed by atoms with E-state index in [1.54, 1.807) is 12.1 Å². The number of benzene rings is 2. The second-order valence-electron chi connectivity index (χ2n) is 5.88. The molecule has 3 aromatic rings. The number of aromatic nitrogens is 2. The lowest BCUT2D eigenvalue weighted by Gasteiger charge is -2.06. The summed E-state index contributed by atoms with van der Waals surface area (Å²) in [7, 11) is -3.43. The Morgan fingerprint density at radius 1 is 1.12 bits per heavy atom. The van der Waals surface area contributed by atoms with Crippen LogP contribution in [0.1, 0.15) is 17.0 Å². The Kier molecular flexibility index (Phi) is 5.70. The Morgan fingerprint density at radius 2 is 1.85 bits per heavy atom. The van der Waals surface area contributed by atoms with Gasteiger partial charge in [0, 0.05) is 18.5 Å². The summed E-state index contributed by atoms with van der Waals surface area (Å²) in [6.07, 6.45) is 0.296. The maximum atomic E-state index is 12.2. The third kappa shape index (κ3) is 4.91. The van der Waals surface area contributed by atoms with Crippen molar-refractivity contribution < 1.29 is 12.9 Å². The maximum Gasteiger partial charge on any atom is 0.228 e. The molecule has 1 aromatic heterocycles. The van der Waals surface area contributed by atoms with E-state index in [4.69, 9.17) is 16.1 Å². The van der Waals surface area contributed by atoms with Gasteiger partial charge in [0.05, 0.1) is 10.8 Å². The number of hydrogen-bond donors (Lipinski definition) is 1. The van der Waals surface area contributed by atoms with Crippen molar-refractivity contribution >= 4 is 21.6 Å². The maximum absolute atomic E-state index is 12.2. The van der Waals surface area contributed by atoms with Crippen LogP contribution in [0.2, 0.25) is 5.02 Å². The summed E-state index contributed by atoms with van der Waals surface area (Å²) in [4.78, 5) is 4.26. The molecule has 136 valence electrons. The molecule has 2 aromatic carbocycles. The molecule has 0 saturated heterocycles. The molecule has 0 radical (unpaired) electrons. The lowest BCUT2D eigenvalue weighted by Crippen LogP contribution is -2.27. The van der Waals surface area contributed by atoms with Gasteiger partial charge in [0.25, 0.3) is 0 Å². The molecule has 3 rings (SSSR count). The molecule has 1 heterocycles. The van der Waals surface area contributed by atoms with Crippen LogP contribution < -0.4 is 4.72 Å². The molecule has 26 heavy (non-hydrogen) atoms. The first-order valence-electron chi connectivity index (χ1n) is 8.03. The van der Waals surface area contributed by atoms with Crippen LogP contribution in [0.25, 0.3) is 11.4 Å². The first-order chi connectivity index (χ1) is 12.4. The van der Waals surface area contributed by atoms with Gasteiger partial charge in [-0.15, -0.1) is 0 Å². The minimum absolute atomic E-state index is 0.0675. The second-order valence-corrected chi connectivity index (χ2v) is 8.09. The van der Waals surface area contributed by atoms with Gasteiger partial charge in [0.1, 0.15) is 0 Å². The molecular weight excluding hydrogens is 374 g/mol. The van der Waals surface area contributed by atoms with Crippen LogP contribution in [0.3, 0.4) is 0 Å². The topological polar surface area (TPSA) is 85.1 Å². The largest absolute Gasteiger partial charge is 0.339 e. The third-order valence-electron chi connectivity index (χ3n) is 3.72. The Morgan fingerprint density at radius 3 is 2.58 bits per heavy atom. The fourth-order valence-corrected chi connectivity index (χ4v) is 3.74. The van der Waals surface area contributed by atoms with Gasteiger partial charge in [-0.25, -0.2) is 13.1 Å². The number of nitrogens with zero attached hydrogens (tertiary/aromatic N) is 2. The lowest BCUT2D eigenvalue weighted by atomic mass is 10.2. The van der Waals surface area contributed by atoms with Crippen molar-refractivity contribution in [3.63, 3.8) is 0 Å². The first kappa shape index (κ1) is 18.6. The summed E-state index contributed by atoms with van der Waals surface area (Å²) in [5, 5.41) is 4.42. The molecule has 0 spiro atoms. The quantitative estimate of drug-likeness (QED) is 0.667. The molecule has 0 aliphatic carbocycles. The SMILES string of the molecule is Cc1ccc(CS(=O)(=O)NCCc2nc(-c3ccccc3Cl)no2)cc1. The van der Waals surface area contributed by atoms with E-state index in [0.29, 0.717) is 28.7 Å². The van der Waals surface area contributed by atoms with Gasteiger partial charge in [-0.2, -0.15) is 4.98 Å². The van der Waals surface area contributed by atoms with Crippen LogP contribution in [0.5, 0.6) is 0 Å². The smallest absolute Gasteiger partial charge is 0.228 e. The average molecular weight is 392 g/mol. The molecule has 0 fully saturated rings. The number of rotatable bonds is 7. The van der Waals surface area contributed by atoms with E-state index in [9.17, 15) is 8.42 Å². The van der Waals surface area contributed by atoms with E-state index in [1.165, 1.54) is 0 Å². The monoisotopic (exact) mass is 391 g/mol. The van der Waals surface area contributed by atoms with Crippen LogP contribution in [-0.2, 0) is 22.2 Å². The fraction of sp³-hybridized carbons (Fsp3) is 0.222. The van der Waals surface area contributed by atoms with Gasteiger partial charge >= 0.3 is 0 Å². The molecule has 0 bridgehead atoms. The number of nitrogens with one attached hydrogen (secondary N) is 1. The van der Waals surface area contributed by atoms with Gasteiger partial charge in [-0.05, 0) is 24.6 Å². The van der Waals surface area contributed by atoms with Crippen LogP contribution in [0.15, 0.2) is 53.1 Å². The molecule has 0 aliphatic rings. The molecule has 0 aliphatic heterocycles. The van der Waals surface area contributed by atoms with E-state index in [2.05, 4.69) is 14.9 Å². The highest BCUT2D eigenvalue weighted by Gasteiger charge is 2.14. The van der Waals surface area contributed by atoms with E-state index < -0.39 is 10.0 Å². The van der Waals surface area contributed by atoms with Crippen molar-refractivity contribution in [3.8, 4) is 11.4 Å². The summed E-state index contributed by atoms with van der Waals surface area (Å²) in [6.45, 7) is 2.14. The number of aryl methyl sites for hydroxylation is 1. The zero-order valence-corrected chi connectivity index (χ0v) is 15.7. The molecular formula is C18H18ClN3O3S. The average Bonchev–Trinajstić information content (AvgIpc) is 3.05. The Labute approximate surface area is 157 Å². The van der Waals surface area contributed by atoms with E-state index in [0.717, 1.165) is 11.1 Å². The van der Waals surface area contributed by atoms with Crippen molar-refractivity contribution in [1.82, 2.24) is 14.9 Å². The van der Waals surface area contributed by atoms with E-state index in [-0.39, 0.29) is 12.3 Å². The highest BCUT2D eigenvalue weighted by Crippen LogP contribution is 2.24. The Hall–Kier alpha value is -2.22. The summed E-state index contributed by atoms with van der Waals surface area (Å²) < 4.78 is 32.0.